The molecule has 16 heavy (non-hydrogen) atoms. The summed E-state index contributed by atoms with van der Waals surface area (Å²) in [7, 11) is 0. The molecule has 0 radical (unpaired) electrons. The van der Waals surface area contributed by atoms with Crippen molar-refractivity contribution in [2.45, 2.75) is 26.8 Å². The second-order valence-corrected chi connectivity index (χ2v) is 4.05. The first kappa shape index (κ1) is 10.6. The molecule has 0 atom stereocenters. The van der Waals surface area contributed by atoms with Gasteiger partial charge in [0.25, 0.3) is 0 Å². The van der Waals surface area contributed by atoms with Crippen molar-refractivity contribution in [2.24, 2.45) is 0 Å². The summed E-state index contributed by atoms with van der Waals surface area (Å²) >= 11 is 0. The normalized spacial score (nSPS) is 10.8. The van der Waals surface area contributed by atoms with Crippen LogP contribution >= 0.6 is 0 Å². The monoisotopic (exact) mass is 217 g/mol. The third kappa shape index (κ3) is 2.18. The van der Waals surface area contributed by atoms with Crippen molar-refractivity contribution in [2.75, 3.05) is 5.32 Å². The minimum Gasteiger partial charge on any atom is -0.383 e. The fraction of sp³-hybridized carbons (Fsp3) is 0.364. The highest BCUT2D eigenvalue weighted by Gasteiger charge is 2.04. The van der Waals surface area contributed by atoms with Crippen molar-refractivity contribution >= 4 is 5.69 Å². The van der Waals surface area contributed by atoms with Crippen LogP contribution in [0.1, 0.15) is 19.4 Å². The molecule has 0 unspecified atom stereocenters. The number of aromatic nitrogens is 4. The SMILES string of the molecule is Cc1ccc(NC(C)C)cc1-n1cnnn1. The zero-order chi connectivity index (χ0) is 11.5. The van der Waals surface area contributed by atoms with E-state index in [1.54, 1.807) is 11.0 Å². The molecule has 1 heterocycles. The summed E-state index contributed by atoms with van der Waals surface area (Å²) < 4.78 is 1.67. The van der Waals surface area contributed by atoms with E-state index in [1.165, 1.54) is 0 Å². The summed E-state index contributed by atoms with van der Waals surface area (Å²) in [4.78, 5) is 0. The minimum absolute atomic E-state index is 0.407. The largest absolute Gasteiger partial charge is 0.383 e. The lowest BCUT2D eigenvalue weighted by Crippen LogP contribution is -2.10. The standard InChI is InChI=1S/C11H15N5/c1-8(2)13-10-5-4-9(3)11(6-10)16-7-12-14-15-16/h4-8,13H,1-3H3. The zero-order valence-corrected chi connectivity index (χ0v) is 9.68. The van der Waals surface area contributed by atoms with Crippen LogP contribution in [-0.2, 0) is 0 Å². The number of hydrogen-bond acceptors (Lipinski definition) is 4. The van der Waals surface area contributed by atoms with Gasteiger partial charge in [0.2, 0.25) is 0 Å². The lowest BCUT2D eigenvalue weighted by atomic mass is 10.1. The maximum Gasteiger partial charge on any atom is 0.143 e. The van der Waals surface area contributed by atoms with Gasteiger partial charge >= 0.3 is 0 Å². The Bertz CT molecular complexity index is 461. The molecule has 1 N–H and O–H groups in total. The molecule has 84 valence electrons. The van der Waals surface area contributed by atoms with Crippen LogP contribution in [0.2, 0.25) is 0 Å². The fourth-order valence-corrected chi connectivity index (χ4v) is 1.55. The van der Waals surface area contributed by atoms with E-state index in [0.29, 0.717) is 6.04 Å². The van der Waals surface area contributed by atoms with E-state index in [2.05, 4.69) is 46.8 Å². The summed E-state index contributed by atoms with van der Waals surface area (Å²) in [6, 6.07) is 6.57. The number of anilines is 1. The van der Waals surface area contributed by atoms with Crippen LogP contribution in [0.15, 0.2) is 24.5 Å². The fourth-order valence-electron chi connectivity index (χ4n) is 1.55. The molecule has 0 spiro atoms. The minimum atomic E-state index is 0.407. The Morgan fingerprint density at radius 3 is 2.75 bits per heavy atom. The second kappa shape index (κ2) is 4.30. The third-order valence-electron chi connectivity index (χ3n) is 2.26. The van der Waals surface area contributed by atoms with Gasteiger partial charge in [-0.1, -0.05) is 6.07 Å². The van der Waals surface area contributed by atoms with Crippen molar-refractivity contribution in [3.8, 4) is 5.69 Å². The van der Waals surface area contributed by atoms with Crippen molar-refractivity contribution < 1.29 is 0 Å². The van der Waals surface area contributed by atoms with Gasteiger partial charge in [-0.2, -0.15) is 0 Å². The number of rotatable bonds is 3. The van der Waals surface area contributed by atoms with Gasteiger partial charge in [0.1, 0.15) is 6.33 Å². The Kier molecular flexibility index (Phi) is 2.85. The van der Waals surface area contributed by atoms with Gasteiger partial charge in [0.15, 0.2) is 0 Å². The first-order chi connectivity index (χ1) is 7.66. The molecule has 0 saturated carbocycles. The third-order valence-corrected chi connectivity index (χ3v) is 2.26. The molecule has 5 nitrogen and oxygen atoms in total. The van der Waals surface area contributed by atoms with E-state index in [1.807, 2.05) is 13.0 Å². The van der Waals surface area contributed by atoms with Crippen LogP contribution in [0.3, 0.4) is 0 Å². The molecule has 1 aromatic carbocycles. The molecule has 5 heteroatoms. The van der Waals surface area contributed by atoms with E-state index < -0.39 is 0 Å². The van der Waals surface area contributed by atoms with E-state index >= 15 is 0 Å². The quantitative estimate of drug-likeness (QED) is 0.851. The highest BCUT2D eigenvalue weighted by atomic mass is 15.5. The number of tetrazole rings is 1. The Balaban J connectivity index is 2.37. The lowest BCUT2D eigenvalue weighted by Gasteiger charge is -2.12. The summed E-state index contributed by atoms with van der Waals surface area (Å²) in [5, 5.41) is 14.5. The molecule has 0 aliphatic carbocycles. The van der Waals surface area contributed by atoms with Crippen molar-refractivity contribution in [3.63, 3.8) is 0 Å². The molecular weight excluding hydrogens is 202 g/mol. The Morgan fingerprint density at radius 1 is 1.31 bits per heavy atom. The smallest absolute Gasteiger partial charge is 0.143 e. The average molecular weight is 217 g/mol. The highest BCUT2D eigenvalue weighted by Crippen LogP contribution is 2.18. The van der Waals surface area contributed by atoms with Gasteiger partial charge < -0.3 is 5.32 Å². The molecule has 2 rings (SSSR count). The molecule has 0 fully saturated rings. The van der Waals surface area contributed by atoms with Gasteiger partial charge in [-0.25, -0.2) is 4.68 Å². The Labute approximate surface area is 94.5 Å². The first-order valence-electron chi connectivity index (χ1n) is 5.27. The van der Waals surface area contributed by atoms with Gasteiger partial charge in [-0.05, 0) is 48.9 Å². The van der Waals surface area contributed by atoms with Crippen LogP contribution in [0.25, 0.3) is 5.69 Å². The van der Waals surface area contributed by atoms with Gasteiger partial charge in [-0.3, -0.25) is 0 Å². The van der Waals surface area contributed by atoms with E-state index in [9.17, 15) is 0 Å². The van der Waals surface area contributed by atoms with Gasteiger partial charge in [0, 0.05) is 11.7 Å². The van der Waals surface area contributed by atoms with Gasteiger partial charge in [-0.15, -0.1) is 5.10 Å². The highest BCUT2D eigenvalue weighted by molar-refractivity contribution is 5.54. The number of nitrogens with zero attached hydrogens (tertiary/aromatic N) is 4. The zero-order valence-electron chi connectivity index (χ0n) is 9.68. The molecule has 0 aliphatic rings. The van der Waals surface area contributed by atoms with Crippen molar-refractivity contribution in [1.29, 1.82) is 0 Å². The number of aryl methyl sites for hydroxylation is 1. The summed E-state index contributed by atoms with van der Waals surface area (Å²) in [5.74, 6) is 0. The van der Waals surface area contributed by atoms with E-state index in [4.69, 9.17) is 0 Å². The molecule has 0 saturated heterocycles. The molecule has 0 aliphatic heterocycles. The van der Waals surface area contributed by atoms with Crippen LogP contribution in [0.5, 0.6) is 0 Å². The number of nitrogens with one attached hydrogen (secondary N) is 1. The van der Waals surface area contributed by atoms with E-state index in [-0.39, 0.29) is 0 Å². The maximum absolute atomic E-state index is 3.90. The second-order valence-electron chi connectivity index (χ2n) is 4.05. The topological polar surface area (TPSA) is 55.6 Å². The van der Waals surface area contributed by atoms with Crippen molar-refractivity contribution in [3.05, 3.63) is 30.1 Å². The van der Waals surface area contributed by atoms with Crippen LogP contribution < -0.4 is 5.32 Å². The van der Waals surface area contributed by atoms with E-state index in [0.717, 1.165) is 16.9 Å². The molecule has 0 bridgehead atoms. The summed E-state index contributed by atoms with van der Waals surface area (Å²) in [6.45, 7) is 6.25. The average Bonchev–Trinajstić information content (AvgIpc) is 2.73. The summed E-state index contributed by atoms with van der Waals surface area (Å²) in [5.41, 5.74) is 3.21. The van der Waals surface area contributed by atoms with Crippen molar-refractivity contribution in [1.82, 2.24) is 20.2 Å². The van der Waals surface area contributed by atoms with Gasteiger partial charge in [0.05, 0.1) is 5.69 Å². The molecule has 1 aromatic heterocycles. The Hall–Kier alpha value is -1.91. The van der Waals surface area contributed by atoms with Crippen LogP contribution in [-0.4, -0.2) is 26.2 Å². The molecule has 0 amide bonds. The predicted octanol–water partition coefficient (Wildman–Crippen LogP) is 1.79. The van der Waals surface area contributed by atoms with Crippen LogP contribution in [0, 0.1) is 6.92 Å². The maximum atomic E-state index is 3.90. The molecule has 2 aromatic rings. The first-order valence-corrected chi connectivity index (χ1v) is 5.27. The molecular formula is C11H15N5. The summed E-state index contributed by atoms with van der Waals surface area (Å²) in [6.07, 6.45) is 1.60. The number of benzene rings is 1. The van der Waals surface area contributed by atoms with Crippen LogP contribution in [0.4, 0.5) is 5.69 Å². The lowest BCUT2D eigenvalue weighted by molar-refractivity contribution is 0.785. The number of hydrogen-bond donors (Lipinski definition) is 1. The Morgan fingerprint density at radius 2 is 2.12 bits per heavy atom. The predicted molar refractivity (Wildman–Crippen MR) is 62.6 cm³/mol.